The first-order chi connectivity index (χ1) is 11.4. The van der Waals surface area contributed by atoms with Gasteiger partial charge in [0.05, 0.1) is 35.6 Å². The molecule has 4 heteroatoms. The summed E-state index contributed by atoms with van der Waals surface area (Å²) in [5, 5.41) is 0. The molecule has 0 aliphatic rings. The van der Waals surface area contributed by atoms with Crippen molar-refractivity contribution in [2.24, 2.45) is 0 Å². The monoisotopic (exact) mass is 320 g/mol. The molecular formula is C20H20N2O2. The SMILES string of the molecule is COC(=O)c1ccc2ncc(-c3ccc(C(C)(C)C)cc3)nc2c1. The van der Waals surface area contributed by atoms with Crippen molar-refractivity contribution < 1.29 is 9.53 Å². The number of nitrogens with zero attached hydrogens (tertiary/aromatic N) is 2. The molecule has 2 aromatic carbocycles. The maximum absolute atomic E-state index is 11.7. The number of carbonyl (C=O) groups is 1. The molecule has 0 aliphatic heterocycles. The lowest BCUT2D eigenvalue weighted by molar-refractivity contribution is 0.0601. The van der Waals surface area contributed by atoms with Gasteiger partial charge in [-0.3, -0.25) is 4.98 Å². The van der Waals surface area contributed by atoms with Crippen molar-refractivity contribution in [1.82, 2.24) is 9.97 Å². The lowest BCUT2D eigenvalue weighted by Gasteiger charge is -2.19. The zero-order valence-electron chi connectivity index (χ0n) is 14.3. The van der Waals surface area contributed by atoms with E-state index >= 15 is 0 Å². The molecule has 0 radical (unpaired) electrons. The summed E-state index contributed by atoms with van der Waals surface area (Å²) >= 11 is 0. The van der Waals surface area contributed by atoms with E-state index in [1.165, 1.54) is 12.7 Å². The van der Waals surface area contributed by atoms with Gasteiger partial charge in [0, 0.05) is 5.56 Å². The Morgan fingerprint density at radius 2 is 1.71 bits per heavy atom. The van der Waals surface area contributed by atoms with Crippen LogP contribution < -0.4 is 0 Å². The summed E-state index contributed by atoms with van der Waals surface area (Å²) in [5.41, 5.74) is 5.06. The van der Waals surface area contributed by atoms with Crippen molar-refractivity contribution in [1.29, 1.82) is 0 Å². The predicted molar refractivity (Wildman–Crippen MR) is 95.0 cm³/mol. The molecule has 0 saturated carbocycles. The Hall–Kier alpha value is -2.75. The fraction of sp³-hybridized carbons (Fsp3) is 0.250. The molecule has 122 valence electrons. The molecule has 3 aromatic rings. The molecule has 0 unspecified atom stereocenters. The fourth-order valence-electron chi connectivity index (χ4n) is 2.54. The maximum Gasteiger partial charge on any atom is 0.337 e. The highest BCUT2D eigenvalue weighted by Crippen LogP contribution is 2.26. The molecule has 0 atom stereocenters. The van der Waals surface area contributed by atoms with Gasteiger partial charge in [-0.05, 0) is 29.2 Å². The largest absolute Gasteiger partial charge is 0.465 e. The smallest absolute Gasteiger partial charge is 0.337 e. The molecule has 0 amide bonds. The number of carbonyl (C=O) groups excluding carboxylic acids is 1. The van der Waals surface area contributed by atoms with Crippen LogP contribution in [-0.2, 0) is 10.2 Å². The number of hydrogen-bond donors (Lipinski definition) is 0. The van der Waals surface area contributed by atoms with Gasteiger partial charge in [0.2, 0.25) is 0 Å². The van der Waals surface area contributed by atoms with E-state index < -0.39 is 0 Å². The number of methoxy groups -OCH3 is 1. The van der Waals surface area contributed by atoms with Crippen molar-refractivity contribution in [2.45, 2.75) is 26.2 Å². The van der Waals surface area contributed by atoms with Crippen molar-refractivity contribution >= 4 is 17.0 Å². The van der Waals surface area contributed by atoms with Crippen LogP contribution in [0.15, 0.2) is 48.7 Å². The van der Waals surface area contributed by atoms with Gasteiger partial charge in [0.1, 0.15) is 0 Å². The number of fused-ring (bicyclic) bond motifs is 1. The summed E-state index contributed by atoms with van der Waals surface area (Å²) in [4.78, 5) is 20.8. The van der Waals surface area contributed by atoms with Crippen LogP contribution in [0.2, 0.25) is 0 Å². The first-order valence-electron chi connectivity index (χ1n) is 7.84. The summed E-state index contributed by atoms with van der Waals surface area (Å²) in [6, 6.07) is 13.5. The highest BCUT2D eigenvalue weighted by atomic mass is 16.5. The predicted octanol–water partition coefficient (Wildman–Crippen LogP) is 4.38. The van der Waals surface area contributed by atoms with E-state index in [1.807, 2.05) is 0 Å². The van der Waals surface area contributed by atoms with Crippen LogP contribution in [0.1, 0.15) is 36.7 Å². The summed E-state index contributed by atoms with van der Waals surface area (Å²) in [6.45, 7) is 6.56. The molecule has 24 heavy (non-hydrogen) atoms. The number of esters is 1. The molecule has 1 heterocycles. The third kappa shape index (κ3) is 3.13. The van der Waals surface area contributed by atoms with E-state index in [1.54, 1.807) is 24.4 Å². The van der Waals surface area contributed by atoms with Crippen molar-refractivity contribution in [3.05, 3.63) is 59.8 Å². The zero-order valence-corrected chi connectivity index (χ0v) is 14.3. The van der Waals surface area contributed by atoms with Gasteiger partial charge in [-0.1, -0.05) is 45.0 Å². The Balaban J connectivity index is 2.02. The highest BCUT2D eigenvalue weighted by Gasteiger charge is 2.14. The highest BCUT2D eigenvalue weighted by molar-refractivity contribution is 5.93. The average Bonchev–Trinajstić information content (AvgIpc) is 2.59. The number of ether oxygens (including phenoxy) is 1. The van der Waals surface area contributed by atoms with Crippen LogP contribution in [0.3, 0.4) is 0 Å². The second kappa shape index (κ2) is 6.04. The molecule has 0 saturated heterocycles. The van der Waals surface area contributed by atoms with Gasteiger partial charge in [-0.25, -0.2) is 9.78 Å². The van der Waals surface area contributed by atoms with Crippen molar-refractivity contribution in [2.75, 3.05) is 7.11 Å². The zero-order chi connectivity index (χ0) is 17.3. The van der Waals surface area contributed by atoms with Crippen LogP contribution in [-0.4, -0.2) is 23.0 Å². The van der Waals surface area contributed by atoms with Gasteiger partial charge >= 0.3 is 5.97 Å². The minimum atomic E-state index is -0.376. The van der Waals surface area contributed by atoms with Crippen LogP contribution in [0.25, 0.3) is 22.3 Å². The number of rotatable bonds is 2. The first-order valence-corrected chi connectivity index (χ1v) is 7.84. The minimum absolute atomic E-state index is 0.114. The van der Waals surface area contributed by atoms with E-state index in [9.17, 15) is 4.79 Å². The van der Waals surface area contributed by atoms with Gasteiger partial charge in [0.15, 0.2) is 0 Å². The molecule has 1 aromatic heterocycles. The Morgan fingerprint density at radius 1 is 1.00 bits per heavy atom. The van der Waals surface area contributed by atoms with Gasteiger partial charge in [0.25, 0.3) is 0 Å². The standard InChI is InChI=1S/C20H20N2O2/c1-20(2,3)15-8-5-13(6-9-15)18-12-21-16-10-7-14(19(23)24-4)11-17(16)22-18/h5-12H,1-4H3. The van der Waals surface area contributed by atoms with E-state index in [0.717, 1.165) is 16.8 Å². The third-order valence-electron chi connectivity index (χ3n) is 4.01. The number of hydrogen-bond acceptors (Lipinski definition) is 4. The summed E-state index contributed by atoms with van der Waals surface area (Å²) in [7, 11) is 1.37. The lowest BCUT2D eigenvalue weighted by Crippen LogP contribution is -2.10. The second-order valence-electron chi connectivity index (χ2n) is 6.78. The van der Waals surface area contributed by atoms with E-state index in [2.05, 4.69) is 55.0 Å². The Labute approximate surface area is 141 Å². The Bertz CT molecular complexity index is 894. The summed E-state index contributed by atoms with van der Waals surface area (Å²) in [5.74, 6) is -0.376. The second-order valence-corrected chi connectivity index (χ2v) is 6.78. The quantitative estimate of drug-likeness (QED) is 0.657. The number of benzene rings is 2. The minimum Gasteiger partial charge on any atom is -0.465 e. The van der Waals surface area contributed by atoms with E-state index in [4.69, 9.17) is 4.74 Å². The van der Waals surface area contributed by atoms with E-state index in [-0.39, 0.29) is 11.4 Å². The molecule has 3 rings (SSSR count). The van der Waals surface area contributed by atoms with Crippen LogP contribution in [0.4, 0.5) is 0 Å². The van der Waals surface area contributed by atoms with Crippen LogP contribution >= 0.6 is 0 Å². The number of aromatic nitrogens is 2. The van der Waals surface area contributed by atoms with Crippen molar-refractivity contribution in [3.63, 3.8) is 0 Å². The molecule has 0 bridgehead atoms. The molecular weight excluding hydrogens is 300 g/mol. The molecule has 0 aliphatic carbocycles. The van der Waals surface area contributed by atoms with Crippen LogP contribution in [0, 0.1) is 0 Å². The van der Waals surface area contributed by atoms with E-state index in [0.29, 0.717) is 11.1 Å². The fourth-order valence-corrected chi connectivity index (χ4v) is 2.54. The van der Waals surface area contributed by atoms with Gasteiger partial charge in [-0.2, -0.15) is 0 Å². The average molecular weight is 320 g/mol. The first kappa shape index (κ1) is 16.1. The Kier molecular flexibility index (Phi) is 4.06. The van der Waals surface area contributed by atoms with Crippen molar-refractivity contribution in [3.8, 4) is 11.3 Å². The molecule has 0 N–H and O–H groups in total. The molecule has 0 fully saturated rings. The van der Waals surface area contributed by atoms with Gasteiger partial charge < -0.3 is 4.74 Å². The van der Waals surface area contributed by atoms with Crippen LogP contribution in [0.5, 0.6) is 0 Å². The third-order valence-corrected chi connectivity index (χ3v) is 4.01. The molecule has 0 spiro atoms. The van der Waals surface area contributed by atoms with Gasteiger partial charge in [-0.15, -0.1) is 0 Å². The molecule has 4 nitrogen and oxygen atoms in total. The topological polar surface area (TPSA) is 52.1 Å². The maximum atomic E-state index is 11.7. The lowest BCUT2D eigenvalue weighted by atomic mass is 9.86. The summed E-state index contributed by atoms with van der Waals surface area (Å²) < 4.78 is 4.76. The normalized spacial score (nSPS) is 11.5. The Morgan fingerprint density at radius 3 is 2.33 bits per heavy atom. The summed E-state index contributed by atoms with van der Waals surface area (Å²) in [6.07, 6.45) is 1.76.